The van der Waals surface area contributed by atoms with Crippen LogP contribution in [0.4, 0.5) is 0 Å². The van der Waals surface area contributed by atoms with Crippen molar-refractivity contribution in [2.75, 3.05) is 19.6 Å². The summed E-state index contributed by atoms with van der Waals surface area (Å²) < 4.78 is 5.66. The molecule has 6 nitrogen and oxygen atoms in total. The van der Waals surface area contributed by atoms with Gasteiger partial charge in [-0.2, -0.15) is 0 Å². The van der Waals surface area contributed by atoms with Crippen LogP contribution in [0.2, 0.25) is 0 Å². The first-order valence-corrected chi connectivity index (χ1v) is 8.84. The molecule has 0 aliphatic carbocycles. The second kappa shape index (κ2) is 6.59. The number of nitrogens with zero attached hydrogens (tertiary/aromatic N) is 4. The Morgan fingerprint density at radius 2 is 2.00 bits per heavy atom. The highest BCUT2D eigenvalue weighted by atomic mass is 16.4. The number of piperidine rings is 2. The minimum Gasteiger partial charge on any atom is -0.424 e. The molecular formula is C17H28N4O2. The fourth-order valence-electron chi connectivity index (χ4n) is 3.98. The number of aryl methyl sites for hydroxylation is 1. The molecule has 0 bridgehead atoms. The zero-order valence-corrected chi connectivity index (χ0v) is 14.5. The molecule has 0 aromatic carbocycles. The van der Waals surface area contributed by atoms with Crippen molar-refractivity contribution >= 4 is 5.91 Å². The molecule has 2 fully saturated rings. The lowest BCUT2D eigenvalue weighted by atomic mass is 9.73. The number of amides is 1. The van der Waals surface area contributed by atoms with Crippen molar-refractivity contribution in [1.82, 2.24) is 20.0 Å². The van der Waals surface area contributed by atoms with E-state index in [9.17, 15) is 4.79 Å². The number of likely N-dealkylation sites (tertiary alicyclic amines) is 2. The van der Waals surface area contributed by atoms with E-state index in [4.69, 9.17) is 4.42 Å². The van der Waals surface area contributed by atoms with E-state index in [1.807, 2.05) is 6.92 Å². The van der Waals surface area contributed by atoms with E-state index in [1.165, 1.54) is 12.8 Å². The quantitative estimate of drug-likeness (QED) is 0.851. The number of carbonyl (C=O) groups is 1. The van der Waals surface area contributed by atoms with Crippen LogP contribution in [-0.2, 0) is 17.8 Å². The van der Waals surface area contributed by atoms with E-state index in [-0.39, 0.29) is 11.5 Å². The highest BCUT2D eigenvalue weighted by Crippen LogP contribution is 2.39. The Hall–Kier alpha value is -1.43. The van der Waals surface area contributed by atoms with Crippen LogP contribution >= 0.6 is 0 Å². The summed E-state index contributed by atoms with van der Waals surface area (Å²) in [5.74, 6) is 1.74. The molecule has 0 saturated carbocycles. The van der Waals surface area contributed by atoms with Crippen LogP contribution in [0, 0.1) is 5.41 Å². The lowest BCUT2D eigenvalue weighted by molar-refractivity contribution is -0.141. The first-order valence-electron chi connectivity index (χ1n) is 8.84. The lowest BCUT2D eigenvalue weighted by Gasteiger charge is -2.49. The third-order valence-electron chi connectivity index (χ3n) is 5.23. The van der Waals surface area contributed by atoms with Crippen LogP contribution in [0.3, 0.4) is 0 Å². The molecule has 6 heteroatoms. The Morgan fingerprint density at radius 3 is 2.70 bits per heavy atom. The van der Waals surface area contributed by atoms with Gasteiger partial charge in [0.15, 0.2) is 0 Å². The van der Waals surface area contributed by atoms with Crippen molar-refractivity contribution in [3.05, 3.63) is 11.8 Å². The summed E-state index contributed by atoms with van der Waals surface area (Å²) in [5.41, 5.74) is 0.240. The van der Waals surface area contributed by atoms with Crippen molar-refractivity contribution in [3.63, 3.8) is 0 Å². The molecule has 0 N–H and O–H groups in total. The highest BCUT2D eigenvalue weighted by Gasteiger charge is 2.42. The SMILES string of the molecule is CCc1nnc(CN2CCC[C@@]3(CCC(=O)N(C(C)C)C3)C2)o1. The monoisotopic (exact) mass is 320 g/mol. The molecule has 0 unspecified atom stereocenters. The minimum atomic E-state index is 0.240. The van der Waals surface area contributed by atoms with Crippen molar-refractivity contribution in [1.29, 1.82) is 0 Å². The number of carbonyl (C=O) groups excluding carboxylic acids is 1. The van der Waals surface area contributed by atoms with Gasteiger partial charge in [0.1, 0.15) is 0 Å². The van der Waals surface area contributed by atoms with Crippen molar-refractivity contribution in [3.8, 4) is 0 Å². The van der Waals surface area contributed by atoms with Crippen LogP contribution in [0.15, 0.2) is 4.42 Å². The van der Waals surface area contributed by atoms with Gasteiger partial charge in [-0.05, 0) is 39.7 Å². The molecule has 3 rings (SSSR count). The third-order valence-corrected chi connectivity index (χ3v) is 5.23. The Morgan fingerprint density at radius 1 is 1.22 bits per heavy atom. The van der Waals surface area contributed by atoms with Gasteiger partial charge in [0.05, 0.1) is 6.54 Å². The summed E-state index contributed by atoms with van der Waals surface area (Å²) in [6.07, 6.45) is 4.86. The Balaban J connectivity index is 1.66. The van der Waals surface area contributed by atoms with Crippen molar-refractivity contribution in [2.24, 2.45) is 5.41 Å². The molecule has 2 saturated heterocycles. The highest BCUT2D eigenvalue weighted by molar-refractivity contribution is 5.77. The molecule has 1 aromatic rings. The van der Waals surface area contributed by atoms with Gasteiger partial charge in [0, 0.05) is 37.4 Å². The largest absolute Gasteiger partial charge is 0.424 e. The zero-order chi connectivity index (χ0) is 16.4. The number of aromatic nitrogens is 2. The fraction of sp³-hybridized carbons (Fsp3) is 0.824. The van der Waals surface area contributed by atoms with Gasteiger partial charge in [0.25, 0.3) is 0 Å². The van der Waals surface area contributed by atoms with Gasteiger partial charge < -0.3 is 9.32 Å². The van der Waals surface area contributed by atoms with Crippen LogP contribution in [0.5, 0.6) is 0 Å². The summed E-state index contributed by atoms with van der Waals surface area (Å²) in [6.45, 7) is 9.96. The molecule has 1 spiro atoms. The van der Waals surface area contributed by atoms with E-state index < -0.39 is 0 Å². The predicted octanol–water partition coefficient (Wildman–Crippen LogP) is 2.25. The molecule has 1 amide bonds. The maximum atomic E-state index is 12.1. The van der Waals surface area contributed by atoms with Crippen LogP contribution in [-0.4, -0.2) is 51.6 Å². The fourth-order valence-corrected chi connectivity index (χ4v) is 3.98. The minimum absolute atomic E-state index is 0.240. The summed E-state index contributed by atoms with van der Waals surface area (Å²) in [5, 5.41) is 8.20. The molecule has 23 heavy (non-hydrogen) atoms. The molecule has 0 radical (unpaired) electrons. The van der Waals surface area contributed by atoms with E-state index in [0.29, 0.717) is 24.1 Å². The van der Waals surface area contributed by atoms with Gasteiger partial charge in [-0.1, -0.05) is 6.92 Å². The topological polar surface area (TPSA) is 62.5 Å². The Kier molecular flexibility index (Phi) is 4.71. The maximum absolute atomic E-state index is 12.1. The maximum Gasteiger partial charge on any atom is 0.230 e. The molecule has 128 valence electrons. The molecular weight excluding hydrogens is 292 g/mol. The van der Waals surface area contributed by atoms with Gasteiger partial charge in [-0.3, -0.25) is 9.69 Å². The van der Waals surface area contributed by atoms with Gasteiger partial charge in [-0.15, -0.1) is 10.2 Å². The second-order valence-corrected chi connectivity index (χ2v) is 7.37. The normalized spacial score (nSPS) is 26.4. The number of rotatable bonds is 4. The lowest BCUT2D eigenvalue weighted by Crippen LogP contribution is -2.55. The molecule has 1 aromatic heterocycles. The predicted molar refractivity (Wildman–Crippen MR) is 86.7 cm³/mol. The van der Waals surface area contributed by atoms with E-state index >= 15 is 0 Å². The summed E-state index contributed by atoms with van der Waals surface area (Å²) in [7, 11) is 0. The average molecular weight is 320 g/mol. The summed E-state index contributed by atoms with van der Waals surface area (Å²) in [4.78, 5) is 16.6. The first-order chi connectivity index (χ1) is 11.0. The van der Waals surface area contributed by atoms with Gasteiger partial charge in [0.2, 0.25) is 17.7 Å². The van der Waals surface area contributed by atoms with Crippen LogP contribution in [0.25, 0.3) is 0 Å². The third kappa shape index (κ3) is 3.57. The van der Waals surface area contributed by atoms with E-state index in [0.717, 1.165) is 39.0 Å². The molecule has 1 atom stereocenters. The van der Waals surface area contributed by atoms with E-state index in [2.05, 4.69) is 33.8 Å². The number of hydrogen-bond donors (Lipinski definition) is 0. The first kappa shape index (κ1) is 16.4. The standard InChI is InChI=1S/C17H28N4O2/c1-4-14-18-19-15(23-14)10-20-9-5-7-17(11-20)8-6-16(22)21(12-17)13(2)3/h13H,4-12H2,1-3H3/t17-/m1/s1. The number of hydrogen-bond acceptors (Lipinski definition) is 5. The van der Waals surface area contributed by atoms with Gasteiger partial charge in [-0.25, -0.2) is 0 Å². The van der Waals surface area contributed by atoms with Crippen molar-refractivity contribution in [2.45, 2.75) is 65.5 Å². The van der Waals surface area contributed by atoms with Crippen LogP contribution in [0.1, 0.15) is 58.2 Å². The molecule has 3 heterocycles. The summed E-state index contributed by atoms with van der Waals surface area (Å²) >= 11 is 0. The summed E-state index contributed by atoms with van der Waals surface area (Å²) in [6, 6.07) is 0.290. The molecule has 2 aliphatic rings. The van der Waals surface area contributed by atoms with Gasteiger partial charge >= 0.3 is 0 Å². The van der Waals surface area contributed by atoms with Crippen molar-refractivity contribution < 1.29 is 9.21 Å². The Labute approximate surface area is 138 Å². The van der Waals surface area contributed by atoms with E-state index in [1.54, 1.807) is 0 Å². The average Bonchev–Trinajstić information content (AvgIpc) is 2.98. The van der Waals surface area contributed by atoms with Crippen LogP contribution < -0.4 is 0 Å². The Bertz CT molecular complexity index is 557. The second-order valence-electron chi connectivity index (χ2n) is 7.37. The molecule has 2 aliphatic heterocycles. The zero-order valence-electron chi connectivity index (χ0n) is 14.5. The smallest absolute Gasteiger partial charge is 0.230 e.